The van der Waals surface area contributed by atoms with Crippen LogP contribution in [0.5, 0.6) is 0 Å². The fourth-order valence-electron chi connectivity index (χ4n) is 3.59. The summed E-state index contributed by atoms with van der Waals surface area (Å²) in [4.78, 5) is 18.2. The van der Waals surface area contributed by atoms with Gasteiger partial charge in [0.15, 0.2) is 0 Å². The van der Waals surface area contributed by atoms with Gasteiger partial charge in [-0.3, -0.25) is 4.98 Å². The highest BCUT2D eigenvalue weighted by atomic mass is 16.6. The van der Waals surface area contributed by atoms with Crippen LogP contribution < -0.4 is 0 Å². The molecule has 1 saturated heterocycles. The lowest BCUT2D eigenvalue weighted by Crippen LogP contribution is -2.49. The molecular weight excluding hydrogens is 292 g/mol. The third-order valence-corrected chi connectivity index (χ3v) is 4.59. The first kappa shape index (κ1) is 16.2. The third kappa shape index (κ3) is 4.02. The Kier molecular flexibility index (Phi) is 4.57. The van der Waals surface area contributed by atoms with Crippen LogP contribution in [0, 0.1) is 11.8 Å². The number of rotatable bonds is 3. The Balaban J connectivity index is 1.56. The van der Waals surface area contributed by atoms with E-state index in [-0.39, 0.29) is 12.2 Å². The molecule has 2 heterocycles. The first-order chi connectivity index (χ1) is 10.9. The number of amides is 1. The topological polar surface area (TPSA) is 51.7 Å². The summed E-state index contributed by atoms with van der Waals surface area (Å²) in [6.45, 7) is 7.82. The number of likely N-dealkylation sites (tertiary alicyclic amines) is 1. The Hall–Kier alpha value is -1.62. The van der Waals surface area contributed by atoms with Crippen molar-refractivity contribution in [2.75, 3.05) is 13.1 Å². The summed E-state index contributed by atoms with van der Waals surface area (Å²) in [6.07, 6.45) is 5.90. The molecule has 2 aliphatic rings. The SMILES string of the molecule is CC(C)(C)OC(=O)N1CC2CCC(C1)C2OCc1ccncc1. The molecule has 1 aromatic rings. The standard InChI is InChI=1S/C18H26N2O3/c1-18(2,3)23-17(21)20-10-14-4-5-15(11-20)16(14)22-12-13-6-8-19-9-7-13/h6-9,14-16H,4-5,10-12H2,1-3H3. The van der Waals surface area contributed by atoms with E-state index in [2.05, 4.69) is 4.98 Å². The van der Waals surface area contributed by atoms with E-state index in [1.165, 1.54) is 0 Å². The van der Waals surface area contributed by atoms with Gasteiger partial charge in [0.1, 0.15) is 5.60 Å². The van der Waals surface area contributed by atoms with Crippen LogP contribution in [0.15, 0.2) is 24.5 Å². The van der Waals surface area contributed by atoms with Crippen LogP contribution in [0.2, 0.25) is 0 Å². The van der Waals surface area contributed by atoms with Crippen LogP contribution in [-0.2, 0) is 16.1 Å². The first-order valence-corrected chi connectivity index (χ1v) is 8.41. The van der Waals surface area contributed by atoms with Crippen LogP contribution in [-0.4, -0.2) is 40.8 Å². The minimum absolute atomic E-state index is 0.193. The second kappa shape index (κ2) is 6.48. The number of aromatic nitrogens is 1. The molecule has 5 nitrogen and oxygen atoms in total. The number of pyridine rings is 1. The summed E-state index contributed by atoms with van der Waals surface area (Å²) in [5, 5.41) is 0. The zero-order valence-electron chi connectivity index (χ0n) is 14.2. The summed E-state index contributed by atoms with van der Waals surface area (Å²) in [5.74, 6) is 0.839. The molecule has 2 unspecified atom stereocenters. The van der Waals surface area contributed by atoms with Crippen molar-refractivity contribution in [1.29, 1.82) is 0 Å². The van der Waals surface area contributed by atoms with Crippen molar-refractivity contribution in [1.82, 2.24) is 9.88 Å². The van der Waals surface area contributed by atoms with E-state index in [4.69, 9.17) is 9.47 Å². The Labute approximate surface area is 138 Å². The van der Waals surface area contributed by atoms with E-state index in [1.807, 2.05) is 37.8 Å². The number of hydrogen-bond donors (Lipinski definition) is 0. The molecule has 1 aromatic heterocycles. The Morgan fingerprint density at radius 3 is 2.39 bits per heavy atom. The lowest BCUT2D eigenvalue weighted by Gasteiger charge is -2.38. The van der Waals surface area contributed by atoms with Crippen LogP contribution in [0.25, 0.3) is 0 Å². The highest BCUT2D eigenvalue weighted by Crippen LogP contribution is 2.39. The van der Waals surface area contributed by atoms with Gasteiger partial charge in [0, 0.05) is 37.3 Å². The average molecular weight is 318 g/mol. The van der Waals surface area contributed by atoms with Gasteiger partial charge in [-0.15, -0.1) is 0 Å². The quantitative estimate of drug-likeness (QED) is 0.858. The number of carbonyl (C=O) groups excluding carboxylic acids is 1. The van der Waals surface area contributed by atoms with E-state index < -0.39 is 5.60 Å². The average Bonchev–Trinajstić information content (AvgIpc) is 2.73. The molecule has 5 heteroatoms. The Bertz CT molecular complexity index is 527. The number of piperidine rings is 1. The second-order valence-electron chi connectivity index (χ2n) is 7.61. The zero-order chi connectivity index (χ0) is 16.4. The summed E-state index contributed by atoms with van der Waals surface area (Å²) in [5.41, 5.74) is 0.708. The van der Waals surface area contributed by atoms with Gasteiger partial charge in [-0.05, 0) is 51.3 Å². The number of hydrogen-bond acceptors (Lipinski definition) is 4. The number of carbonyl (C=O) groups is 1. The van der Waals surface area contributed by atoms with E-state index in [1.54, 1.807) is 12.4 Å². The summed E-state index contributed by atoms with van der Waals surface area (Å²) in [7, 11) is 0. The van der Waals surface area contributed by atoms with Gasteiger partial charge in [0.05, 0.1) is 12.7 Å². The van der Waals surface area contributed by atoms with Crippen molar-refractivity contribution < 1.29 is 14.3 Å². The highest BCUT2D eigenvalue weighted by Gasteiger charge is 2.44. The van der Waals surface area contributed by atoms with E-state index in [9.17, 15) is 4.79 Å². The van der Waals surface area contributed by atoms with Gasteiger partial charge < -0.3 is 14.4 Å². The van der Waals surface area contributed by atoms with Crippen molar-refractivity contribution >= 4 is 6.09 Å². The summed E-state index contributed by atoms with van der Waals surface area (Å²) >= 11 is 0. The van der Waals surface area contributed by atoms with Crippen LogP contribution in [0.1, 0.15) is 39.2 Å². The van der Waals surface area contributed by atoms with Gasteiger partial charge in [-0.25, -0.2) is 4.79 Å². The van der Waals surface area contributed by atoms with Gasteiger partial charge in [0.2, 0.25) is 0 Å². The summed E-state index contributed by atoms with van der Waals surface area (Å²) < 4.78 is 11.7. The van der Waals surface area contributed by atoms with Crippen molar-refractivity contribution in [3.05, 3.63) is 30.1 Å². The van der Waals surface area contributed by atoms with Gasteiger partial charge in [-0.1, -0.05) is 0 Å². The predicted molar refractivity (Wildman–Crippen MR) is 86.8 cm³/mol. The van der Waals surface area contributed by atoms with Gasteiger partial charge in [0.25, 0.3) is 0 Å². The molecule has 1 aliphatic heterocycles. The maximum atomic E-state index is 12.3. The van der Waals surface area contributed by atoms with Crippen LogP contribution >= 0.6 is 0 Å². The van der Waals surface area contributed by atoms with Crippen molar-refractivity contribution in [2.24, 2.45) is 11.8 Å². The van der Waals surface area contributed by atoms with Crippen LogP contribution in [0.4, 0.5) is 4.79 Å². The molecule has 2 atom stereocenters. The molecule has 126 valence electrons. The van der Waals surface area contributed by atoms with Gasteiger partial charge in [-0.2, -0.15) is 0 Å². The number of ether oxygens (including phenoxy) is 2. The minimum atomic E-state index is -0.440. The second-order valence-corrected chi connectivity index (χ2v) is 7.61. The van der Waals surface area contributed by atoms with Crippen LogP contribution in [0.3, 0.4) is 0 Å². The normalized spacial score (nSPS) is 27.1. The molecule has 2 fully saturated rings. The molecule has 0 N–H and O–H groups in total. The van der Waals surface area contributed by atoms with E-state index in [0.29, 0.717) is 18.4 Å². The molecule has 1 aliphatic carbocycles. The van der Waals surface area contributed by atoms with Crippen molar-refractivity contribution in [3.8, 4) is 0 Å². The lowest BCUT2D eigenvalue weighted by molar-refractivity contribution is -0.0556. The van der Waals surface area contributed by atoms with Crippen molar-refractivity contribution in [3.63, 3.8) is 0 Å². The minimum Gasteiger partial charge on any atom is -0.444 e. The van der Waals surface area contributed by atoms with E-state index >= 15 is 0 Å². The van der Waals surface area contributed by atoms with Crippen molar-refractivity contribution in [2.45, 2.75) is 51.9 Å². The number of fused-ring (bicyclic) bond motifs is 2. The summed E-state index contributed by atoms with van der Waals surface area (Å²) in [6, 6.07) is 3.97. The fourth-order valence-corrected chi connectivity index (χ4v) is 3.59. The largest absolute Gasteiger partial charge is 0.444 e. The molecule has 3 rings (SSSR count). The fraction of sp³-hybridized carbons (Fsp3) is 0.667. The zero-order valence-corrected chi connectivity index (χ0v) is 14.2. The van der Waals surface area contributed by atoms with E-state index in [0.717, 1.165) is 31.5 Å². The smallest absolute Gasteiger partial charge is 0.410 e. The monoisotopic (exact) mass is 318 g/mol. The molecule has 0 aromatic carbocycles. The molecule has 2 bridgehead atoms. The van der Waals surface area contributed by atoms with Gasteiger partial charge >= 0.3 is 6.09 Å². The first-order valence-electron chi connectivity index (χ1n) is 8.41. The maximum Gasteiger partial charge on any atom is 0.410 e. The molecule has 0 radical (unpaired) electrons. The highest BCUT2D eigenvalue weighted by molar-refractivity contribution is 5.68. The molecule has 23 heavy (non-hydrogen) atoms. The number of nitrogens with zero attached hydrogens (tertiary/aromatic N) is 2. The Morgan fingerprint density at radius 2 is 1.83 bits per heavy atom. The lowest BCUT2D eigenvalue weighted by atomic mass is 9.95. The molecular formula is C18H26N2O3. The molecule has 1 amide bonds. The third-order valence-electron chi connectivity index (χ3n) is 4.59. The molecule has 1 saturated carbocycles. The molecule has 0 spiro atoms. The maximum absolute atomic E-state index is 12.3. The predicted octanol–water partition coefficient (Wildman–Crippen LogP) is 3.24. The Morgan fingerprint density at radius 1 is 1.22 bits per heavy atom.